The molecule has 0 saturated heterocycles. The Morgan fingerprint density at radius 2 is 2.00 bits per heavy atom. The molecule has 142 valence electrons. The molecule has 0 spiro atoms. The highest BCUT2D eigenvalue weighted by atomic mass is 19.1. The maximum absolute atomic E-state index is 13.4. The zero-order chi connectivity index (χ0) is 19.1. The lowest BCUT2D eigenvalue weighted by atomic mass is 9.99. The van der Waals surface area contributed by atoms with E-state index >= 15 is 0 Å². The summed E-state index contributed by atoms with van der Waals surface area (Å²) in [6, 6.07) is 10.2. The molecule has 1 amide bonds. The van der Waals surface area contributed by atoms with E-state index in [0.717, 1.165) is 54.0 Å². The van der Waals surface area contributed by atoms with Crippen LogP contribution >= 0.6 is 0 Å². The first kappa shape index (κ1) is 17.1. The van der Waals surface area contributed by atoms with Gasteiger partial charge in [-0.05, 0) is 54.8 Å². The molecule has 0 radical (unpaired) electrons. The summed E-state index contributed by atoms with van der Waals surface area (Å²) in [7, 11) is 0. The second kappa shape index (κ2) is 6.83. The number of nitrogens with zero attached hydrogens (tertiary/aromatic N) is 3. The lowest BCUT2D eigenvalue weighted by molar-refractivity contribution is -0.117. The standard InChI is InChI=1S/C21H20FN5O/c22-16-5-3-13(4-6-16)20-19(17-12-23-9-10-27(17)26-20)15-7-8-24-18(11-15)25-21(28)14-1-2-14/h3-8,11,14,23H,1-2,9-10,12H2,(H,24,25,28). The highest BCUT2D eigenvalue weighted by molar-refractivity contribution is 5.94. The molecule has 1 aliphatic carbocycles. The van der Waals surface area contributed by atoms with Crippen LogP contribution in [0.3, 0.4) is 0 Å². The highest BCUT2D eigenvalue weighted by Crippen LogP contribution is 2.36. The Balaban J connectivity index is 1.59. The van der Waals surface area contributed by atoms with Crippen molar-refractivity contribution in [3.8, 4) is 22.4 Å². The van der Waals surface area contributed by atoms with Crippen molar-refractivity contribution in [1.82, 2.24) is 20.1 Å². The lowest BCUT2D eigenvalue weighted by Gasteiger charge is -2.16. The van der Waals surface area contributed by atoms with Gasteiger partial charge in [0.15, 0.2) is 0 Å². The molecule has 2 N–H and O–H groups in total. The Hall–Kier alpha value is -3.06. The van der Waals surface area contributed by atoms with Crippen LogP contribution in [-0.4, -0.2) is 27.2 Å². The van der Waals surface area contributed by atoms with E-state index in [9.17, 15) is 9.18 Å². The largest absolute Gasteiger partial charge is 0.310 e. The van der Waals surface area contributed by atoms with E-state index in [1.165, 1.54) is 12.1 Å². The number of nitrogens with one attached hydrogen (secondary N) is 2. The normalized spacial score (nSPS) is 15.9. The molecule has 1 fully saturated rings. The van der Waals surface area contributed by atoms with Gasteiger partial charge in [-0.15, -0.1) is 0 Å². The van der Waals surface area contributed by atoms with Crippen molar-refractivity contribution < 1.29 is 9.18 Å². The van der Waals surface area contributed by atoms with Crippen LogP contribution in [0.2, 0.25) is 0 Å². The molecular weight excluding hydrogens is 357 g/mol. The van der Waals surface area contributed by atoms with Crippen molar-refractivity contribution in [3.05, 3.63) is 54.1 Å². The highest BCUT2D eigenvalue weighted by Gasteiger charge is 2.30. The fourth-order valence-corrected chi connectivity index (χ4v) is 3.59. The number of amides is 1. The molecule has 1 saturated carbocycles. The fraction of sp³-hybridized carbons (Fsp3) is 0.286. The minimum atomic E-state index is -0.273. The van der Waals surface area contributed by atoms with Crippen LogP contribution in [-0.2, 0) is 17.9 Å². The van der Waals surface area contributed by atoms with Gasteiger partial charge >= 0.3 is 0 Å². The van der Waals surface area contributed by atoms with E-state index in [-0.39, 0.29) is 17.6 Å². The van der Waals surface area contributed by atoms with E-state index in [4.69, 9.17) is 5.10 Å². The summed E-state index contributed by atoms with van der Waals surface area (Å²) in [6.45, 7) is 2.34. The summed E-state index contributed by atoms with van der Waals surface area (Å²) in [5.41, 5.74) is 4.67. The van der Waals surface area contributed by atoms with Crippen LogP contribution in [0.15, 0.2) is 42.6 Å². The molecular formula is C21H20FN5O. The third-order valence-electron chi connectivity index (χ3n) is 5.22. The van der Waals surface area contributed by atoms with Gasteiger partial charge in [0.1, 0.15) is 17.3 Å². The third-order valence-corrected chi connectivity index (χ3v) is 5.22. The van der Waals surface area contributed by atoms with Crippen LogP contribution in [0.1, 0.15) is 18.5 Å². The van der Waals surface area contributed by atoms with Crippen LogP contribution in [0.25, 0.3) is 22.4 Å². The SMILES string of the molecule is O=C(Nc1cc(-c2c(-c3ccc(F)cc3)nn3c2CNCC3)ccn1)C1CC1. The minimum Gasteiger partial charge on any atom is -0.310 e. The van der Waals surface area contributed by atoms with E-state index < -0.39 is 0 Å². The maximum atomic E-state index is 13.4. The number of fused-ring (bicyclic) bond motifs is 1. The van der Waals surface area contributed by atoms with Crippen LogP contribution in [0.4, 0.5) is 10.2 Å². The smallest absolute Gasteiger partial charge is 0.228 e. The molecule has 2 aromatic heterocycles. The average Bonchev–Trinajstić information content (AvgIpc) is 3.49. The molecule has 28 heavy (non-hydrogen) atoms. The van der Waals surface area contributed by atoms with Crippen molar-refractivity contribution in [3.63, 3.8) is 0 Å². The number of rotatable bonds is 4. The minimum absolute atomic E-state index is 0.0297. The first-order valence-corrected chi connectivity index (χ1v) is 9.52. The molecule has 7 heteroatoms. The van der Waals surface area contributed by atoms with Gasteiger partial charge in [0, 0.05) is 36.3 Å². The van der Waals surface area contributed by atoms with Crippen molar-refractivity contribution in [2.45, 2.75) is 25.9 Å². The summed E-state index contributed by atoms with van der Waals surface area (Å²) in [6.07, 6.45) is 3.60. The van der Waals surface area contributed by atoms with Gasteiger partial charge < -0.3 is 10.6 Å². The quantitative estimate of drug-likeness (QED) is 0.732. The molecule has 5 rings (SSSR count). The number of anilines is 1. The van der Waals surface area contributed by atoms with Gasteiger partial charge in [-0.25, -0.2) is 9.37 Å². The molecule has 3 heterocycles. The van der Waals surface area contributed by atoms with Crippen LogP contribution in [0, 0.1) is 11.7 Å². The number of benzene rings is 1. The summed E-state index contributed by atoms with van der Waals surface area (Å²) >= 11 is 0. The number of carbonyl (C=O) groups is 1. The van der Waals surface area contributed by atoms with E-state index in [1.807, 2.05) is 16.8 Å². The molecule has 0 bridgehead atoms. The summed E-state index contributed by atoms with van der Waals surface area (Å²) in [5, 5.41) is 11.1. The number of halogens is 1. The lowest BCUT2D eigenvalue weighted by Crippen LogP contribution is -2.28. The Kier molecular flexibility index (Phi) is 4.16. The Morgan fingerprint density at radius 1 is 1.18 bits per heavy atom. The average molecular weight is 377 g/mol. The third kappa shape index (κ3) is 3.18. The number of pyridine rings is 1. The Morgan fingerprint density at radius 3 is 2.79 bits per heavy atom. The molecule has 1 aromatic carbocycles. The predicted molar refractivity (Wildman–Crippen MR) is 104 cm³/mol. The molecule has 1 aliphatic heterocycles. The number of carbonyl (C=O) groups excluding carboxylic acids is 1. The van der Waals surface area contributed by atoms with E-state index in [2.05, 4.69) is 15.6 Å². The van der Waals surface area contributed by atoms with Crippen LogP contribution in [0.5, 0.6) is 0 Å². The fourth-order valence-electron chi connectivity index (χ4n) is 3.59. The van der Waals surface area contributed by atoms with Crippen molar-refractivity contribution in [2.24, 2.45) is 5.92 Å². The maximum Gasteiger partial charge on any atom is 0.228 e. The Bertz CT molecular complexity index is 1040. The molecule has 0 unspecified atom stereocenters. The second-order valence-electron chi connectivity index (χ2n) is 7.27. The van der Waals surface area contributed by atoms with Crippen molar-refractivity contribution in [2.75, 3.05) is 11.9 Å². The summed E-state index contributed by atoms with van der Waals surface area (Å²) in [4.78, 5) is 16.4. The topological polar surface area (TPSA) is 71.8 Å². The van der Waals surface area contributed by atoms with Crippen molar-refractivity contribution >= 4 is 11.7 Å². The Labute approximate surface area is 161 Å². The first-order valence-electron chi connectivity index (χ1n) is 9.52. The summed E-state index contributed by atoms with van der Waals surface area (Å²) < 4.78 is 15.4. The summed E-state index contributed by atoms with van der Waals surface area (Å²) in [5.74, 6) is 0.420. The van der Waals surface area contributed by atoms with Gasteiger partial charge in [0.25, 0.3) is 0 Å². The van der Waals surface area contributed by atoms with E-state index in [1.54, 1.807) is 18.3 Å². The number of aromatic nitrogens is 3. The number of hydrogen-bond donors (Lipinski definition) is 2. The monoisotopic (exact) mass is 377 g/mol. The predicted octanol–water partition coefficient (Wildman–Crippen LogP) is 3.20. The van der Waals surface area contributed by atoms with Gasteiger partial charge in [-0.3, -0.25) is 9.48 Å². The zero-order valence-electron chi connectivity index (χ0n) is 15.3. The zero-order valence-corrected chi connectivity index (χ0v) is 15.3. The van der Waals surface area contributed by atoms with Crippen LogP contribution < -0.4 is 10.6 Å². The van der Waals surface area contributed by atoms with Gasteiger partial charge in [-0.2, -0.15) is 5.10 Å². The number of hydrogen-bond acceptors (Lipinski definition) is 4. The van der Waals surface area contributed by atoms with Gasteiger partial charge in [0.2, 0.25) is 5.91 Å². The molecule has 3 aromatic rings. The molecule has 2 aliphatic rings. The van der Waals surface area contributed by atoms with Gasteiger partial charge in [0.05, 0.1) is 12.2 Å². The van der Waals surface area contributed by atoms with E-state index in [0.29, 0.717) is 12.4 Å². The first-order chi connectivity index (χ1) is 13.7. The second-order valence-corrected chi connectivity index (χ2v) is 7.27. The van der Waals surface area contributed by atoms with Crippen molar-refractivity contribution in [1.29, 1.82) is 0 Å². The molecule has 0 atom stereocenters. The van der Waals surface area contributed by atoms with Gasteiger partial charge in [-0.1, -0.05) is 0 Å². The molecule has 6 nitrogen and oxygen atoms in total.